The van der Waals surface area contributed by atoms with E-state index in [1.807, 2.05) is 0 Å². The molecule has 6 atom stereocenters. The van der Waals surface area contributed by atoms with Crippen LogP contribution in [0.25, 0.3) is 0 Å². The Hall–Kier alpha value is -0.250. The van der Waals surface area contributed by atoms with Crippen LogP contribution in [0.15, 0.2) is 0 Å². The molecule has 0 amide bonds. The summed E-state index contributed by atoms with van der Waals surface area (Å²) in [6.45, 7) is 3.99. The Morgan fingerprint density at radius 3 is 2.26 bits per heavy atom. The maximum absolute atomic E-state index is 10.4. The van der Waals surface area contributed by atoms with Gasteiger partial charge in [0.1, 0.15) is 5.50 Å². The van der Waals surface area contributed by atoms with Gasteiger partial charge < -0.3 is 5.11 Å². The third-order valence-corrected chi connectivity index (χ3v) is 12.2. The van der Waals surface area contributed by atoms with E-state index in [1.165, 1.54) is 116 Å². The lowest BCUT2D eigenvalue weighted by Crippen LogP contribution is -2.71. The molecule has 5 heteroatoms. The molecule has 4 nitrogen and oxygen atoms in total. The summed E-state index contributed by atoms with van der Waals surface area (Å²) < 4.78 is 0. The molecule has 0 aromatic heterocycles. The van der Waals surface area contributed by atoms with Crippen LogP contribution >= 0.6 is 11.8 Å². The lowest BCUT2D eigenvalue weighted by atomic mass is 9.65. The molecule has 0 bridgehead atoms. The molecule has 3 heterocycles. The number of nitrogens with one attached hydrogen (secondary N) is 1. The number of aliphatic hydroxyl groups is 1. The summed E-state index contributed by atoms with van der Waals surface area (Å²) in [5.74, 6) is 10.2. The van der Waals surface area contributed by atoms with Crippen LogP contribution in [0.5, 0.6) is 0 Å². The van der Waals surface area contributed by atoms with E-state index in [0.29, 0.717) is 41.9 Å². The van der Waals surface area contributed by atoms with E-state index in [-0.39, 0.29) is 0 Å². The summed E-state index contributed by atoms with van der Waals surface area (Å²) in [7, 11) is 0. The number of thioether (sulfide) groups is 1. The highest BCUT2D eigenvalue weighted by atomic mass is 32.2. The Bertz CT molecular complexity index is 738. The number of hydrogen-bond acceptors (Lipinski definition) is 5. The van der Waals surface area contributed by atoms with Crippen LogP contribution in [0, 0.1) is 35.5 Å². The fourth-order valence-corrected chi connectivity index (χ4v) is 10.2. The van der Waals surface area contributed by atoms with Gasteiger partial charge in [-0.1, -0.05) is 43.9 Å². The van der Waals surface area contributed by atoms with Crippen LogP contribution < -0.4 is 5.32 Å². The molecular weight excluding hydrogens is 450 g/mol. The average Bonchev–Trinajstić information content (AvgIpc) is 3.32. The van der Waals surface area contributed by atoms with Gasteiger partial charge in [-0.25, -0.2) is 0 Å². The van der Waals surface area contributed by atoms with E-state index in [4.69, 9.17) is 0 Å². The molecular formula is C30H49N3OS. The monoisotopic (exact) mass is 499 g/mol. The second-order valence-corrected chi connectivity index (χ2v) is 14.0. The van der Waals surface area contributed by atoms with Crippen molar-refractivity contribution in [2.75, 3.05) is 26.2 Å². The van der Waals surface area contributed by atoms with Gasteiger partial charge in [-0.15, -0.1) is 11.8 Å². The van der Waals surface area contributed by atoms with Gasteiger partial charge >= 0.3 is 0 Å². The highest BCUT2D eigenvalue weighted by Crippen LogP contribution is 2.46. The first-order chi connectivity index (χ1) is 17.3. The summed E-state index contributed by atoms with van der Waals surface area (Å²) in [5, 5.41) is 15.3. The number of fused-ring (bicyclic) bond motifs is 2. The molecule has 0 spiro atoms. The predicted octanol–water partition coefficient (Wildman–Crippen LogP) is 5.06. The fraction of sp³-hybridized carbons (Fsp3) is 0.933. The quantitative estimate of drug-likeness (QED) is 0.531. The molecule has 3 aliphatic heterocycles. The topological polar surface area (TPSA) is 38.7 Å². The zero-order valence-corrected chi connectivity index (χ0v) is 22.7. The normalized spacial score (nSPS) is 43.7. The fourth-order valence-electron chi connectivity index (χ4n) is 8.57. The van der Waals surface area contributed by atoms with Crippen molar-refractivity contribution in [2.24, 2.45) is 23.7 Å². The van der Waals surface area contributed by atoms with Crippen molar-refractivity contribution >= 4 is 11.8 Å². The van der Waals surface area contributed by atoms with Gasteiger partial charge in [-0.3, -0.25) is 15.1 Å². The van der Waals surface area contributed by atoms with Crippen LogP contribution in [0.3, 0.4) is 0 Å². The van der Waals surface area contributed by atoms with E-state index < -0.39 is 0 Å². The lowest BCUT2D eigenvalue weighted by Gasteiger charge is -2.60. The highest BCUT2D eigenvalue weighted by molar-refractivity contribution is 8.00. The van der Waals surface area contributed by atoms with Crippen molar-refractivity contribution in [3.05, 3.63) is 0 Å². The first-order valence-corrected chi connectivity index (χ1v) is 16.3. The second kappa shape index (κ2) is 11.6. The largest absolute Gasteiger partial charge is 0.395 e. The molecule has 3 aliphatic carbocycles. The first-order valence-electron chi connectivity index (χ1n) is 15.3. The van der Waals surface area contributed by atoms with Gasteiger partial charge in [-0.2, -0.15) is 0 Å². The van der Waals surface area contributed by atoms with Gasteiger partial charge in [0.25, 0.3) is 0 Å². The van der Waals surface area contributed by atoms with Gasteiger partial charge in [-0.05, 0) is 82.6 Å². The third-order valence-electron chi connectivity index (χ3n) is 10.6. The second-order valence-electron chi connectivity index (χ2n) is 12.7. The molecule has 196 valence electrons. The van der Waals surface area contributed by atoms with Gasteiger partial charge in [0, 0.05) is 48.3 Å². The molecule has 6 aliphatic rings. The molecule has 3 unspecified atom stereocenters. The summed E-state index contributed by atoms with van der Waals surface area (Å²) in [4.78, 5) is 5.51. The van der Waals surface area contributed by atoms with Crippen LogP contribution in [0.4, 0.5) is 0 Å². The molecule has 6 fully saturated rings. The van der Waals surface area contributed by atoms with E-state index in [1.54, 1.807) is 0 Å². The van der Waals surface area contributed by atoms with E-state index in [0.717, 1.165) is 17.2 Å². The van der Waals surface area contributed by atoms with Crippen LogP contribution in [-0.2, 0) is 0 Å². The Morgan fingerprint density at radius 1 is 0.771 bits per heavy atom. The van der Waals surface area contributed by atoms with Crippen LogP contribution in [0.2, 0.25) is 0 Å². The molecule has 0 aromatic rings. The van der Waals surface area contributed by atoms with Crippen molar-refractivity contribution in [2.45, 2.75) is 125 Å². The Balaban J connectivity index is 1.07. The van der Waals surface area contributed by atoms with Gasteiger partial charge in [0.2, 0.25) is 0 Å². The van der Waals surface area contributed by atoms with E-state index in [9.17, 15) is 5.11 Å². The van der Waals surface area contributed by atoms with Crippen molar-refractivity contribution in [1.82, 2.24) is 15.1 Å². The number of rotatable bonds is 3. The molecule has 3 saturated carbocycles. The number of hydrogen-bond donors (Lipinski definition) is 2. The molecule has 0 aromatic carbocycles. The predicted molar refractivity (Wildman–Crippen MR) is 146 cm³/mol. The minimum Gasteiger partial charge on any atom is -0.395 e. The molecule has 0 radical (unpaired) electrons. The molecule has 3 saturated heterocycles. The van der Waals surface area contributed by atoms with Crippen molar-refractivity contribution < 1.29 is 5.11 Å². The molecule has 6 rings (SSSR count). The molecule has 35 heavy (non-hydrogen) atoms. The maximum atomic E-state index is 10.4. The van der Waals surface area contributed by atoms with Gasteiger partial charge in [0.15, 0.2) is 0 Å². The van der Waals surface area contributed by atoms with Crippen LogP contribution in [-0.4, -0.2) is 70.0 Å². The van der Waals surface area contributed by atoms with Crippen molar-refractivity contribution in [3.8, 4) is 11.8 Å². The lowest BCUT2D eigenvalue weighted by molar-refractivity contribution is -0.129. The standard InChI is InChI=1S/C30H49N3OS/c34-21-27-29(24-16-14-23(15-17-24)13-12-22-8-2-1-3-9-22)26-20-32(18-6-7-19-33(26)27)30-31-25-10-4-5-11-28(25)35-30/h22-31,34H,1-11,14-21H2/t23?,24?,25?,26-,27+,28?,29+,30?/m0/s1. The first kappa shape index (κ1) is 25.1. The van der Waals surface area contributed by atoms with Gasteiger partial charge in [0.05, 0.1) is 6.61 Å². The average molecular weight is 500 g/mol. The smallest absolute Gasteiger partial charge is 0.109 e. The number of nitrogens with zero attached hydrogens (tertiary/aromatic N) is 2. The summed E-state index contributed by atoms with van der Waals surface area (Å²) in [5.41, 5.74) is 0.516. The third kappa shape index (κ3) is 5.49. The van der Waals surface area contributed by atoms with E-state index in [2.05, 4.69) is 38.7 Å². The highest BCUT2D eigenvalue weighted by Gasteiger charge is 2.52. The minimum atomic E-state index is 0.350. The van der Waals surface area contributed by atoms with E-state index >= 15 is 0 Å². The number of aliphatic hydroxyl groups excluding tert-OH is 1. The Kier molecular flexibility index (Phi) is 8.34. The van der Waals surface area contributed by atoms with Crippen LogP contribution in [0.1, 0.15) is 96.3 Å². The minimum absolute atomic E-state index is 0.350. The van der Waals surface area contributed by atoms with Crippen molar-refractivity contribution in [3.63, 3.8) is 0 Å². The zero-order valence-electron chi connectivity index (χ0n) is 21.9. The summed E-state index contributed by atoms with van der Waals surface area (Å²) in [6, 6.07) is 1.79. The summed E-state index contributed by atoms with van der Waals surface area (Å²) >= 11 is 2.24. The Labute approximate surface area is 218 Å². The van der Waals surface area contributed by atoms with Crippen molar-refractivity contribution in [1.29, 1.82) is 0 Å². The Morgan fingerprint density at radius 2 is 1.49 bits per heavy atom. The maximum Gasteiger partial charge on any atom is 0.109 e. The molecule has 2 N–H and O–H groups in total. The zero-order chi connectivity index (χ0) is 23.6. The SMILES string of the molecule is OC[C@@H]1[C@H](C2CCC(C#CC3CCCCC3)CC2)[C@@H]2CN(C3NC4CCCCC4S3)CCCCN12. The summed E-state index contributed by atoms with van der Waals surface area (Å²) in [6.07, 6.45) is 20.3.